The van der Waals surface area contributed by atoms with E-state index in [9.17, 15) is 19.5 Å². The van der Waals surface area contributed by atoms with Crippen LogP contribution in [0.1, 0.15) is 79.0 Å². The zero-order chi connectivity index (χ0) is 28.7. The second kappa shape index (κ2) is 12.8. The van der Waals surface area contributed by atoms with Gasteiger partial charge in [-0.3, -0.25) is 9.59 Å². The Morgan fingerprint density at radius 1 is 0.974 bits per heavy atom. The Hall–Kier alpha value is -3.55. The van der Waals surface area contributed by atoms with Crippen molar-refractivity contribution in [1.82, 2.24) is 15.5 Å². The van der Waals surface area contributed by atoms with E-state index in [1.165, 1.54) is 17.0 Å². The molecular weight excluding hydrogens is 482 g/mol. The number of ether oxygens (including phenoxy) is 1. The number of alkyl carbamates (subject to hydrolysis) is 1. The molecule has 2 aromatic carbocycles. The van der Waals surface area contributed by atoms with E-state index in [1.54, 1.807) is 32.9 Å². The standard InChI is InChI=1S/C30H43N3O5/c1-9-20(2)33(25(26(35)32-29(3,4)5)22-16-13-17-23(34)19-22)27(36)24(18-21-14-11-10-12-15-21)31-28(37)38-30(6,7)8/h10-17,19-20,24-25,34H,9,18H2,1-8H3,(H,31,37)(H,32,35). The fourth-order valence-electron chi connectivity index (χ4n) is 4.05. The summed E-state index contributed by atoms with van der Waals surface area (Å²) in [5.41, 5.74) is 0.00155. The van der Waals surface area contributed by atoms with E-state index in [0.29, 0.717) is 12.0 Å². The molecule has 0 aliphatic rings. The zero-order valence-corrected chi connectivity index (χ0v) is 23.9. The molecule has 0 saturated carbocycles. The van der Waals surface area contributed by atoms with Gasteiger partial charge >= 0.3 is 6.09 Å². The van der Waals surface area contributed by atoms with Crippen LogP contribution in [0.5, 0.6) is 5.75 Å². The molecule has 3 atom stereocenters. The molecule has 0 aliphatic carbocycles. The molecule has 0 radical (unpaired) electrons. The number of hydrogen-bond acceptors (Lipinski definition) is 5. The van der Waals surface area contributed by atoms with Crippen molar-refractivity contribution < 1.29 is 24.2 Å². The van der Waals surface area contributed by atoms with E-state index in [-0.39, 0.29) is 24.1 Å². The summed E-state index contributed by atoms with van der Waals surface area (Å²) in [6.45, 7) is 14.6. The quantitative estimate of drug-likeness (QED) is 0.422. The fourth-order valence-corrected chi connectivity index (χ4v) is 4.05. The number of nitrogens with zero attached hydrogens (tertiary/aromatic N) is 1. The van der Waals surface area contributed by atoms with Crippen LogP contribution < -0.4 is 10.6 Å². The fraction of sp³-hybridized carbons (Fsp3) is 0.500. The number of aromatic hydroxyl groups is 1. The van der Waals surface area contributed by atoms with Crippen molar-refractivity contribution in [2.75, 3.05) is 0 Å². The summed E-state index contributed by atoms with van der Waals surface area (Å²) in [6.07, 6.45) is 0.0531. The molecule has 8 nitrogen and oxygen atoms in total. The first-order valence-corrected chi connectivity index (χ1v) is 13.1. The molecule has 0 spiro atoms. The van der Waals surface area contributed by atoms with Crippen LogP contribution in [-0.4, -0.2) is 51.1 Å². The molecule has 208 valence electrons. The lowest BCUT2D eigenvalue weighted by Gasteiger charge is -2.39. The third kappa shape index (κ3) is 9.39. The average Bonchev–Trinajstić information content (AvgIpc) is 2.79. The largest absolute Gasteiger partial charge is 0.508 e. The summed E-state index contributed by atoms with van der Waals surface area (Å²) in [4.78, 5) is 42.4. The van der Waals surface area contributed by atoms with Gasteiger partial charge in [0, 0.05) is 18.0 Å². The number of amides is 3. The van der Waals surface area contributed by atoms with Crippen LogP contribution in [0.25, 0.3) is 0 Å². The highest BCUT2D eigenvalue weighted by Gasteiger charge is 2.39. The van der Waals surface area contributed by atoms with Crippen molar-refractivity contribution in [2.24, 2.45) is 0 Å². The lowest BCUT2D eigenvalue weighted by Crippen LogP contribution is -2.57. The maximum Gasteiger partial charge on any atom is 0.408 e. The summed E-state index contributed by atoms with van der Waals surface area (Å²) in [6, 6.07) is 13.3. The lowest BCUT2D eigenvalue weighted by atomic mass is 9.97. The van der Waals surface area contributed by atoms with Crippen LogP contribution in [0.4, 0.5) is 4.79 Å². The first-order valence-electron chi connectivity index (χ1n) is 13.1. The van der Waals surface area contributed by atoms with Gasteiger partial charge in [-0.15, -0.1) is 0 Å². The number of phenols is 1. The van der Waals surface area contributed by atoms with E-state index in [2.05, 4.69) is 10.6 Å². The third-order valence-electron chi connectivity index (χ3n) is 5.80. The van der Waals surface area contributed by atoms with Gasteiger partial charge in [-0.25, -0.2) is 4.79 Å². The Balaban J connectivity index is 2.60. The summed E-state index contributed by atoms with van der Waals surface area (Å²) in [7, 11) is 0. The molecular formula is C30H43N3O5. The first-order chi connectivity index (χ1) is 17.6. The molecule has 2 aromatic rings. The van der Waals surface area contributed by atoms with Gasteiger partial charge in [-0.2, -0.15) is 0 Å². The summed E-state index contributed by atoms with van der Waals surface area (Å²) >= 11 is 0. The van der Waals surface area contributed by atoms with Crippen molar-refractivity contribution in [3.05, 3.63) is 65.7 Å². The molecule has 0 bridgehead atoms. The van der Waals surface area contributed by atoms with Crippen LogP contribution in [0, 0.1) is 0 Å². The normalized spacial score (nSPS) is 14.1. The Bertz CT molecular complexity index is 1090. The SMILES string of the molecule is CCC(C)N(C(=O)C(Cc1ccccc1)NC(=O)OC(C)(C)C)C(C(=O)NC(C)(C)C)c1cccc(O)c1. The van der Waals surface area contributed by atoms with Crippen LogP contribution in [0.3, 0.4) is 0 Å². The highest BCUT2D eigenvalue weighted by molar-refractivity contribution is 5.92. The van der Waals surface area contributed by atoms with Crippen molar-refractivity contribution in [2.45, 2.75) is 97.5 Å². The van der Waals surface area contributed by atoms with Gasteiger partial charge in [0.2, 0.25) is 11.8 Å². The molecule has 0 saturated heterocycles. The van der Waals surface area contributed by atoms with E-state index in [1.807, 2.05) is 65.0 Å². The van der Waals surface area contributed by atoms with Crippen LogP contribution in [-0.2, 0) is 20.7 Å². The zero-order valence-electron chi connectivity index (χ0n) is 23.9. The van der Waals surface area contributed by atoms with Gasteiger partial charge in [0.25, 0.3) is 0 Å². The highest BCUT2D eigenvalue weighted by Crippen LogP contribution is 2.29. The van der Waals surface area contributed by atoms with Gasteiger partial charge in [0.1, 0.15) is 23.4 Å². The average molecular weight is 526 g/mol. The number of phenolic OH excluding ortho intramolecular Hbond substituents is 1. The highest BCUT2D eigenvalue weighted by atomic mass is 16.6. The van der Waals surface area contributed by atoms with Crippen LogP contribution in [0.15, 0.2) is 54.6 Å². The van der Waals surface area contributed by atoms with Crippen LogP contribution in [0.2, 0.25) is 0 Å². The Labute approximate surface area is 226 Å². The van der Waals surface area contributed by atoms with Crippen molar-refractivity contribution >= 4 is 17.9 Å². The predicted octanol–water partition coefficient (Wildman–Crippen LogP) is 5.11. The van der Waals surface area contributed by atoms with Gasteiger partial charge < -0.3 is 25.4 Å². The van der Waals surface area contributed by atoms with Gasteiger partial charge in [-0.05, 0) is 78.1 Å². The maximum atomic E-state index is 14.3. The topological polar surface area (TPSA) is 108 Å². The van der Waals surface area contributed by atoms with Gasteiger partial charge in [0.15, 0.2) is 0 Å². The predicted molar refractivity (Wildman–Crippen MR) is 149 cm³/mol. The van der Waals surface area contributed by atoms with Crippen molar-refractivity contribution in [3.63, 3.8) is 0 Å². The first kappa shape index (κ1) is 30.7. The maximum absolute atomic E-state index is 14.3. The number of benzene rings is 2. The van der Waals surface area contributed by atoms with E-state index in [4.69, 9.17) is 4.74 Å². The molecule has 0 fully saturated rings. The molecule has 3 amide bonds. The number of carbonyl (C=O) groups excluding carboxylic acids is 3. The Morgan fingerprint density at radius 2 is 1.61 bits per heavy atom. The lowest BCUT2D eigenvalue weighted by molar-refractivity contribution is -0.145. The molecule has 3 unspecified atom stereocenters. The number of hydrogen-bond donors (Lipinski definition) is 3. The molecule has 8 heteroatoms. The molecule has 0 aliphatic heterocycles. The molecule has 3 N–H and O–H groups in total. The minimum atomic E-state index is -1.04. The summed E-state index contributed by atoms with van der Waals surface area (Å²) in [5, 5.41) is 16.0. The van der Waals surface area contributed by atoms with Crippen molar-refractivity contribution in [3.8, 4) is 5.75 Å². The molecule has 0 aromatic heterocycles. The second-order valence-corrected chi connectivity index (χ2v) is 11.6. The van der Waals surface area contributed by atoms with E-state index < -0.39 is 35.2 Å². The number of rotatable bonds is 9. The molecule has 38 heavy (non-hydrogen) atoms. The Kier molecular flexibility index (Phi) is 10.3. The Morgan fingerprint density at radius 3 is 2.13 bits per heavy atom. The number of carbonyl (C=O) groups is 3. The van der Waals surface area contributed by atoms with E-state index in [0.717, 1.165) is 5.56 Å². The number of nitrogens with one attached hydrogen (secondary N) is 2. The third-order valence-corrected chi connectivity index (χ3v) is 5.80. The minimum Gasteiger partial charge on any atom is -0.508 e. The second-order valence-electron chi connectivity index (χ2n) is 11.6. The summed E-state index contributed by atoms with van der Waals surface area (Å²) in [5.74, 6) is -0.820. The van der Waals surface area contributed by atoms with E-state index >= 15 is 0 Å². The summed E-state index contributed by atoms with van der Waals surface area (Å²) < 4.78 is 5.46. The smallest absolute Gasteiger partial charge is 0.408 e. The molecule has 0 heterocycles. The minimum absolute atomic E-state index is 0.0136. The van der Waals surface area contributed by atoms with Gasteiger partial charge in [-0.1, -0.05) is 49.4 Å². The van der Waals surface area contributed by atoms with Crippen LogP contribution >= 0.6 is 0 Å². The monoisotopic (exact) mass is 525 g/mol. The molecule has 2 rings (SSSR count). The van der Waals surface area contributed by atoms with Gasteiger partial charge in [0.05, 0.1) is 0 Å². The van der Waals surface area contributed by atoms with Crippen molar-refractivity contribution in [1.29, 1.82) is 0 Å².